The fraction of sp³-hybridized carbons (Fsp3) is 0.455. The van der Waals surface area contributed by atoms with Crippen LogP contribution < -0.4 is 5.32 Å². The first-order valence-electron chi connectivity index (χ1n) is 9.86. The summed E-state index contributed by atoms with van der Waals surface area (Å²) in [4.78, 5) is 14.9. The zero-order valence-corrected chi connectivity index (χ0v) is 16.4. The molecule has 0 spiro atoms. The van der Waals surface area contributed by atoms with Crippen molar-refractivity contribution in [2.45, 2.75) is 51.6 Å². The van der Waals surface area contributed by atoms with Gasteiger partial charge in [-0.1, -0.05) is 36.4 Å². The summed E-state index contributed by atoms with van der Waals surface area (Å²) in [5, 5.41) is 7.60. The van der Waals surface area contributed by atoms with E-state index in [0.717, 1.165) is 31.4 Å². The van der Waals surface area contributed by atoms with Gasteiger partial charge in [0.1, 0.15) is 0 Å². The van der Waals surface area contributed by atoms with Gasteiger partial charge in [0.15, 0.2) is 0 Å². The van der Waals surface area contributed by atoms with E-state index in [0.29, 0.717) is 12.6 Å². The van der Waals surface area contributed by atoms with Crippen molar-refractivity contribution in [3.05, 3.63) is 58.9 Å². The van der Waals surface area contributed by atoms with E-state index in [-0.39, 0.29) is 12.1 Å². The maximum atomic E-state index is 12.8. The summed E-state index contributed by atoms with van der Waals surface area (Å²) >= 11 is 0. The second-order valence-corrected chi connectivity index (χ2v) is 7.72. The van der Waals surface area contributed by atoms with Crippen LogP contribution in [0.1, 0.15) is 41.8 Å². The van der Waals surface area contributed by atoms with Crippen molar-refractivity contribution in [3.63, 3.8) is 0 Å². The Balaban J connectivity index is 1.39. The molecule has 1 aromatic carbocycles. The molecule has 2 amide bonds. The normalized spacial score (nSPS) is 21.3. The molecular formula is C22H28N4O. The molecule has 5 nitrogen and oxygen atoms in total. The van der Waals surface area contributed by atoms with E-state index in [9.17, 15) is 4.79 Å². The van der Waals surface area contributed by atoms with Crippen LogP contribution in [0, 0.1) is 13.8 Å². The number of aryl methyl sites for hydroxylation is 2. The molecule has 0 saturated carbocycles. The number of benzene rings is 1. The van der Waals surface area contributed by atoms with Gasteiger partial charge >= 0.3 is 6.03 Å². The van der Waals surface area contributed by atoms with Gasteiger partial charge in [0.05, 0.1) is 11.7 Å². The van der Waals surface area contributed by atoms with E-state index in [1.54, 1.807) is 0 Å². The first kappa shape index (κ1) is 17.8. The molecule has 5 heteroatoms. The van der Waals surface area contributed by atoms with Crippen LogP contribution in [0.4, 0.5) is 4.79 Å². The Morgan fingerprint density at radius 1 is 1.22 bits per heavy atom. The lowest BCUT2D eigenvalue weighted by molar-refractivity contribution is 0.180. The van der Waals surface area contributed by atoms with Gasteiger partial charge in [-0.3, -0.25) is 4.68 Å². The monoisotopic (exact) mass is 364 g/mol. The largest absolute Gasteiger partial charge is 0.338 e. The lowest BCUT2D eigenvalue weighted by atomic mass is 9.95. The van der Waals surface area contributed by atoms with Crippen molar-refractivity contribution in [1.82, 2.24) is 20.0 Å². The predicted octanol–water partition coefficient (Wildman–Crippen LogP) is 3.61. The van der Waals surface area contributed by atoms with E-state index >= 15 is 0 Å². The molecule has 3 heterocycles. The number of carbonyl (C=O) groups is 1. The lowest BCUT2D eigenvalue weighted by Crippen LogP contribution is -2.48. The number of aromatic nitrogens is 2. The highest BCUT2D eigenvalue weighted by atomic mass is 16.2. The van der Waals surface area contributed by atoms with Crippen molar-refractivity contribution in [2.24, 2.45) is 7.05 Å². The smallest absolute Gasteiger partial charge is 0.318 e. The highest BCUT2D eigenvalue weighted by molar-refractivity contribution is 5.78. The second kappa shape index (κ2) is 7.22. The van der Waals surface area contributed by atoms with E-state index < -0.39 is 0 Å². The standard InChI is InChI=1S/C22H28N4O/c1-15-21(16(2)25(3)24-15)11-12-23-22(27)26-19-9-10-20(26)14-18(13-19)17-7-5-4-6-8-17/h4-8,13,19-20H,9-12,14H2,1-3H3,(H,23,27). The van der Waals surface area contributed by atoms with Crippen LogP contribution in [0.15, 0.2) is 36.4 Å². The maximum absolute atomic E-state index is 12.8. The molecule has 2 aliphatic rings. The third-order valence-corrected chi connectivity index (χ3v) is 6.08. The molecule has 27 heavy (non-hydrogen) atoms. The molecule has 1 saturated heterocycles. The van der Waals surface area contributed by atoms with Crippen LogP contribution in [-0.4, -0.2) is 39.3 Å². The Morgan fingerprint density at radius 3 is 2.67 bits per heavy atom. The summed E-state index contributed by atoms with van der Waals surface area (Å²) in [6.07, 6.45) is 6.23. The topological polar surface area (TPSA) is 50.2 Å². The van der Waals surface area contributed by atoms with Crippen LogP contribution in [0.5, 0.6) is 0 Å². The fourth-order valence-corrected chi connectivity index (χ4v) is 4.58. The number of carbonyl (C=O) groups excluding carboxylic acids is 1. The molecule has 142 valence electrons. The quantitative estimate of drug-likeness (QED) is 0.901. The van der Waals surface area contributed by atoms with Gasteiger partial charge in [0.25, 0.3) is 0 Å². The highest BCUT2D eigenvalue weighted by Crippen LogP contribution is 2.38. The number of nitrogens with zero attached hydrogens (tertiary/aromatic N) is 3. The van der Waals surface area contributed by atoms with E-state index in [4.69, 9.17) is 0 Å². The minimum Gasteiger partial charge on any atom is -0.338 e. The van der Waals surface area contributed by atoms with E-state index in [1.165, 1.54) is 22.4 Å². The van der Waals surface area contributed by atoms with Crippen molar-refractivity contribution in [1.29, 1.82) is 0 Å². The fourth-order valence-electron chi connectivity index (χ4n) is 4.58. The number of urea groups is 1. The average Bonchev–Trinajstić information content (AvgIpc) is 3.08. The number of nitrogens with one attached hydrogen (secondary N) is 1. The molecule has 1 N–H and O–H groups in total. The van der Waals surface area contributed by atoms with Crippen molar-refractivity contribution in [2.75, 3.05) is 6.54 Å². The van der Waals surface area contributed by atoms with Gasteiger partial charge in [-0.25, -0.2) is 4.79 Å². The van der Waals surface area contributed by atoms with Gasteiger partial charge in [-0.15, -0.1) is 0 Å². The molecule has 0 radical (unpaired) electrons. The van der Waals surface area contributed by atoms with Gasteiger partial charge < -0.3 is 10.2 Å². The second-order valence-electron chi connectivity index (χ2n) is 7.72. The van der Waals surface area contributed by atoms with Gasteiger partial charge in [-0.05, 0) is 56.2 Å². The molecule has 2 bridgehead atoms. The summed E-state index contributed by atoms with van der Waals surface area (Å²) in [7, 11) is 1.96. The molecule has 2 aromatic rings. The SMILES string of the molecule is Cc1nn(C)c(C)c1CCNC(=O)N1C2C=C(c3ccccc3)CC1CC2. The molecule has 2 aliphatic heterocycles. The van der Waals surface area contributed by atoms with Gasteiger partial charge in [0, 0.05) is 25.3 Å². The van der Waals surface area contributed by atoms with Crippen molar-refractivity contribution < 1.29 is 4.79 Å². The molecule has 2 atom stereocenters. The minimum absolute atomic E-state index is 0.0741. The van der Waals surface area contributed by atoms with Crippen LogP contribution in [-0.2, 0) is 13.5 Å². The van der Waals surface area contributed by atoms with Gasteiger partial charge in [-0.2, -0.15) is 5.10 Å². The number of amides is 2. The van der Waals surface area contributed by atoms with Crippen LogP contribution >= 0.6 is 0 Å². The molecule has 1 aromatic heterocycles. The summed E-state index contributed by atoms with van der Waals surface area (Å²) in [6.45, 7) is 4.76. The predicted molar refractivity (Wildman–Crippen MR) is 107 cm³/mol. The maximum Gasteiger partial charge on any atom is 0.318 e. The molecule has 2 unspecified atom stereocenters. The number of fused-ring (bicyclic) bond motifs is 2. The van der Waals surface area contributed by atoms with Gasteiger partial charge in [0.2, 0.25) is 0 Å². The number of hydrogen-bond donors (Lipinski definition) is 1. The van der Waals surface area contributed by atoms with E-state index in [1.807, 2.05) is 24.7 Å². The molecule has 0 aliphatic carbocycles. The summed E-state index contributed by atoms with van der Waals surface area (Å²) in [5.41, 5.74) is 6.14. The van der Waals surface area contributed by atoms with Crippen LogP contribution in [0.3, 0.4) is 0 Å². The third kappa shape index (κ3) is 3.38. The molecule has 1 fully saturated rings. The summed E-state index contributed by atoms with van der Waals surface area (Å²) < 4.78 is 1.91. The Labute approximate surface area is 161 Å². The minimum atomic E-state index is 0.0741. The third-order valence-electron chi connectivity index (χ3n) is 6.08. The summed E-state index contributed by atoms with van der Waals surface area (Å²) in [5.74, 6) is 0. The number of rotatable bonds is 4. The lowest BCUT2D eigenvalue weighted by Gasteiger charge is -2.34. The Hall–Kier alpha value is -2.56. The van der Waals surface area contributed by atoms with E-state index in [2.05, 4.69) is 52.6 Å². The van der Waals surface area contributed by atoms with Crippen LogP contribution in [0.2, 0.25) is 0 Å². The summed E-state index contributed by atoms with van der Waals surface area (Å²) in [6, 6.07) is 11.2. The van der Waals surface area contributed by atoms with Crippen molar-refractivity contribution >= 4 is 11.6 Å². The first-order valence-corrected chi connectivity index (χ1v) is 9.86. The molecular weight excluding hydrogens is 336 g/mol. The Morgan fingerprint density at radius 2 is 2.00 bits per heavy atom. The van der Waals surface area contributed by atoms with Crippen LogP contribution in [0.25, 0.3) is 5.57 Å². The first-order chi connectivity index (χ1) is 13.0. The zero-order valence-electron chi connectivity index (χ0n) is 16.4. The van der Waals surface area contributed by atoms with Crippen molar-refractivity contribution in [3.8, 4) is 0 Å². The Kier molecular flexibility index (Phi) is 4.77. The average molecular weight is 364 g/mol. The molecule has 4 rings (SSSR count). The number of hydrogen-bond acceptors (Lipinski definition) is 2. The highest BCUT2D eigenvalue weighted by Gasteiger charge is 2.39. The Bertz CT molecular complexity index is 868. The zero-order chi connectivity index (χ0) is 19.0.